The molecule has 7 heteroatoms. The minimum absolute atomic E-state index is 0.104. The number of anilines is 1. The molecule has 5 nitrogen and oxygen atoms in total. The molecule has 1 atom stereocenters. The summed E-state index contributed by atoms with van der Waals surface area (Å²) in [5, 5.41) is 6.29. The third kappa shape index (κ3) is 4.83. The Balaban J connectivity index is 1.76. The summed E-state index contributed by atoms with van der Waals surface area (Å²) in [4.78, 5) is 13.0. The number of benzene rings is 2. The van der Waals surface area contributed by atoms with E-state index in [-0.39, 0.29) is 11.4 Å². The number of hydrogen-bond donors (Lipinski definition) is 2. The number of rotatable bonds is 7. The molecular weight excluding hydrogens is 440 g/mol. The summed E-state index contributed by atoms with van der Waals surface area (Å²) in [6.45, 7) is 4.60. The van der Waals surface area contributed by atoms with Crippen LogP contribution in [-0.2, 0) is 11.2 Å². The Kier molecular flexibility index (Phi) is 6.91. The Morgan fingerprint density at radius 1 is 1.21 bits per heavy atom. The van der Waals surface area contributed by atoms with Crippen molar-refractivity contribution in [1.29, 1.82) is 0 Å². The normalized spacial score (nSPS) is 17.5. The van der Waals surface area contributed by atoms with Crippen LogP contribution in [0.3, 0.4) is 0 Å². The van der Waals surface area contributed by atoms with E-state index in [1.54, 1.807) is 7.11 Å². The highest BCUT2D eigenvalue weighted by Gasteiger charge is 2.27. The summed E-state index contributed by atoms with van der Waals surface area (Å²) in [5.41, 5.74) is 2.89. The fourth-order valence-corrected chi connectivity index (χ4v) is 4.20. The van der Waals surface area contributed by atoms with E-state index in [9.17, 15) is 4.79 Å². The Morgan fingerprint density at radius 2 is 1.96 bits per heavy atom. The van der Waals surface area contributed by atoms with Crippen LogP contribution in [0.15, 0.2) is 45.8 Å². The van der Waals surface area contributed by atoms with Crippen molar-refractivity contribution in [1.82, 2.24) is 5.32 Å². The van der Waals surface area contributed by atoms with Crippen molar-refractivity contribution in [3.63, 3.8) is 0 Å². The van der Waals surface area contributed by atoms with E-state index in [1.807, 2.05) is 37.3 Å². The maximum absolute atomic E-state index is 12.4. The first kappa shape index (κ1) is 20.6. The van der Waals surface area contributed by atoms with Gasteiger partial charge in [-0.2, -0.15) is 0 Å². The number of carbonyl (C=O) groups excluding carboxylic acids is 1. The molecule has 1 saturated heterocycles. The lowest BCUT2D eigenvalue weighted by atomic mass is 10.1. The molecule has 0 bridgehead atoms. The maximum Gasteiger partial charge on any atom is 0.260 e. The zero-order valence-corrected chi connectivity index (χ0v) is 18.4. The quantitative estimate of drug-likeness (QED) is 0.565. The molecule has 2 aromatic rings. The van der Waals surface area contributed by atoms with Gasteiger partial charge >= 0.3 is 0 Å². The average molecular weight is 463 g/mol. The van der Waals surface area contributed by atoms with Crippen LogP contribution in [-0.4, -0.2) is 25.1 Å². The second-order valence-electron chi connectivity index (χ2n) is 6.13. The highest BCUT2D eigenvalue weighted by Crippen LogP contribution is 2.37. The molecule has 3 rings (SSSR count). The van der Waals surface area contributed by atoms with Gasteiger partial charge in [0.1, 0.15) is 0 Å². The minimum atomic E-state index is -0.213. The number of methoxy groups -OCH3 is 1. The SMILES string of the molecule is CCOc1cc(Br)c(/C=C2\S[C@@H](Nc3ccc(CC)cc3)NC2=O)cc1OC. The molecule has 2 N–H and O–H groups in total. The third-order valence-electron chi connectivity index (χ3n) is 4.26. The van der Waals surface area contributed by atoms with Gasteiger partial charge < -0.3 is 20.1 Å². The Labute approximate surface area is 178 Å². The minimum Gasteiger partial charge on any atom is -0.493 e. The van der Waals surface area contributed by atoms with E-state index < -0.39 is 0 Å². The largest absolute Gasteiger partial charge is 0.493 e. The van der Waals surface area contributed by atoms with Crippen LogP contribution in [0.1, 0.15) is 25.0 Å². The van der Waals surface area contributed by atoms with E-state index in [2.05, 4.69) is 45.6 Å². The molecule has 0 spiro atoms. The van der Waals surface area contributed by atoms with Gasteiger partial charge in [-0.25, -0.2) is 0 Å². The van der Waals surface area contributed by atoms with Gasteiger partial charge in [-0.15, -0.1) is 0 Å². The highest BCUT2D eigenvalue weighted by molar-refractivity contribution is 9.10. The average Bonchev–Trinajstić information content (AvgIpc) is 3.03. The number of carbonyl (C=O) groups is 1. The summed E-state index contributed by atoms with van der Waals surface area (Å²) in [6, 6.07) is 12.0. The van der Waals surface area contributed by atoms with Gasteiger partial charge in [-0.1, -0.05) is 46.7 Å². The summed E-state index contributed by atoms with van der Waals surface area (Å²) in [5.74, 6) is 1.19. The summed E-state index contributed by atoms with van der Waals surface area (Å²) < 4.78 is 11.8. The highest BCUT2D eigenvalue weighted by atomic mass is 79.9. The van der Waals surface area contributed by atoms with Gasteiger partial charge in [0.2, 0.25) is 0 Å². The van der Waals surface area contributed by atoms with Crippen molar-refractivity contribution < 1.29 is 14.3 Å². The predicted octanol–water partition coefficient (Wildman–Crippen LogP) is 5.02. The second kappa shape index (κ2) is 9.39. The molecule has 1 fully saturated rings. The van der Waals surface area contributed by atoms with E-state index in [0.717, 1.165) is 22.1 Å². The van der Waals surface area contributed by atoms with Crippen LogP contribution in [0.5, 0.6) is 11.5 Å². The fourth-order valence-electron chi connectivity index (χ4n) is 2.78. The maximum atomic E-state index is 12.4. The van der Waals surface area contributed by atoms with Crippen LogP contribution in [0, 0.1) is 0 Å². The number of halogens is 1. The van der Waals surface area contributed by atoms with Gasteiger partial charge in [0.15, 0.2) is 17.0 Å². The Hall–Kier alpha value is -2.12. The number of ether oxygens (including phenoxy) is 2. The lowest BCUT2D eigenvalue weighted by Gasteiger charge is -2.13. The van der Waals surface area contributed by atoms with E-state index in [0.29, 0.717) is 23.0 Å². The molecule has 28 heavy (non-hydrogen) atoms. The van der Waals surface area contributed by atoms with Gasteiger partial charge in [-0.3, -0.25) is 4.79 Å². The van der Waals surface area contributed by atoms with Crippen LogP contribution < -0.4 is 20.1 Å². The van der Waals surface area contributed by atoms with Crippen LogP contribution in [0.4, 0.5) is 5.69 Å². The van der Waals surface area contributed by atoms with Gasteiger partial charge in [-0.05, 0) is 54.8 Å². The molecule has 0 saturated carbocycles. The molecule has 0 unspecified atom stereocenters. The number of amides is 1. The van der Waals surface area contributed by atoms with E-state index in [1.165, 1.54) is 17.3 Å². The summed E-state index contributed by atoms with van der Waals surface area (Å²) >= 11 is 5.00. The molecule has 1 heterocycles. The fraction of sp³-hybridized carbons (Fsp3) is 0.286. The summed E-state index contributed by atoms with van der Waals surface area (Å²) in [6.07, 6.45) is 2.85. The molecule has 0 aromatic heterocycles. The van der Waals surface area contributed by atoms with E-state index >= 15 is 0 Å². The van der Waals surface area contributed by atoms with Gasteiger partial charge in [0.25, 0.3) is 5.91 Å². The standard InChI is InChI=1S/C21H23BrN2O3S/c1-4-13-6-8-15(9-7-13)23-21-24-20(25)19(28-21)11-14-10-17(26-3)18(27-5-2)12-16(14)22/h6-12,21,23H,4-5H2,1-3H3,(H,24,25)/b19-11-/t21-/m0/s1. The number of thioether (sulfide) groups is 1. The van der Waals surface area contributed by atoms with Crippen LogP contribution in [0.2, 0.25) is 0 Å². The third-order valence-corrected chi connectivity index (χ3v) is 5.98. The molecule has 1 aliphatic heterocycles. The smallest absolute Gasteiger partial charge is 0.260 e. The Bertz CT molecular complexity index is 884. The van der Waals surface area contributed by atoms with Crippen molar-refractivity contribution in [2.45, 2.75) is 25.8 Å². The van der Waals surface area contributed by atoms with Crippen molar-refractivity contribution >= 4 is 45.4 Å². The van der Waals surface area contributed by atoms with Crippen molar-refractivity contribution in [3.8, 4) is 11.5 Å². The molecular formula is C21H23BrN2O3S. The lowest BCUT2D eigenvalue weighted by molar-refractivity contribution is -0.116. The molecule has 2 aromatic carbocycles. The molecule has 0 aliphatic carbocycles. The molecule has 148 valence electrons. The molecule has 1 aliphatic rings. The second-order valence-corrected chi connectivity index (χ2v) is 8.13. The van der Waals surface area contributed by atoms with Gasteiger partial charge in [0.05, 0.1) is 18.6 Å². The Morgan fingerprint density at radius 3 is 2.61 bits per heavy atom. The number of aryl methyl sites for hydroxylation is 1. The monoisotopic (exact) mass is 462 g/mol. The molecule has 1 amide bonds. The number of nitrogens with one attached hydrogen (secondary N) is 2. The first-order valence-electron chi connectivity index (χ1n) is 9.09. The first-order chi connectivity index (χ1) is 13.5. The predicted molar refractivity (Wildman–Crippen MR) is 119 cm³/mol. The first-order valence-corrected chi connectivity index (χ1v) is 10.8. The number of hydrogen-bond acceptors (Lipinski definition) is 5. The van der Waals surface area contributed by atoms with Gasteiger partial charge in [0, 0.05) is 10.2 Å². The molecule has 0 radical (unpaired) electrons. The van der Waals surface area contributed by atoms with Crippen molar-refractivity contribution in [2.75, 3.05) is 19.0 Å². The van der Waals surface area contributed by atoms with Crippen molar-refractivity contribution in [3.05, 3.63) is 56.9 Å². The lowest BCUT2D eigenvalue weighted by Crippen LogP contribution is -2.30. The van der Waals surface area contributed by atoms with Crippen LogP contribution >= 0.6 is 27.7 Å². The summed E-state index contributed by atoms with van der Waals surface area (Å²) in [7, 11) is 1.60. The van der Waals surface area contributed by atoms with E-state index in [4.69, 9.17) is 9.47 Å². The van der Waals surface area contributed by atoms with Crippen molar-refractivity contribution in [2.24, 2.45) is 0 Å². The zero-order chi connectivity index (χ0) is 20.1. The topological polar surface area (TPSA) is 59.6 Å². The van der Waals surface area contributed by atoms with Crippen LogP contribution in [0.25, 0.3) is 6.08 Å². The zero-order valence-electron chi connectivity index (χ0n) is 16.0.